The number of aliphatic hydroxyl groups excluding tert-OH is 6. The van der Waals surface area contributed by atoms with Crippen LogP contribution in [0.1, 0.15) is 6.42 Å². The quantitative estimate of drug-likeness (QED) is 0.206. The van der Waals surface area contributed by atoms with Crippen LogP contribution in [0, 0.1) is 0 Å². The van der Waals surface area contributed by atoms with Crippen LogP contribution in [0.15, 0.2) is 0 Å². The van der Waals surface area contributed by atoms with Crippen molar-refractivity contribution in [1.82, 2.24) is 0 Å². The number of aliphatic hydroxyl groups is 6. The molecule has 0 aromatic carbocycles. The highest BCUT2D eigenvalue weighted by Gasteiger charge is 2.46. The summed E-state index contributed by atoms with van der Waals surface area (Å²) in [6, 6.07) is 0. The van der Waals surface area contributed by atoms with E-state index in [0.29, 0.717) is 6.29 Å². The van der Waals surface area contributed by atoms with Crippen LogP contribution in [0.4, 0.5) is 0 Å². The second-order valence-electron chi connectivity index (χ2n) is 4.18. The fourth-order valence-electron chi connectivity index (χ4n) is 1.32. The predicted molar refractivity (Wildman–Crippen MR) is 63.7 cm³/mol. The summed E-state index contributed by atoms with van der Waals surface area (Å²) in [4.78, 5) is 30.3. The fourth-order valence-corrected chi connectivity index (χ4v) is 1.32. The second-order valence-corrected chi connectivity index (χ2v) is 4.18. The molecule has 0 saturated carbocycles. The van der Waals surface area contributed by atoms with Crippen LogP contribution in [0.25, 0.3) is 0 Å². The Bertz CT molecular complexity index is 346. The van der Waals surface area contributed by atoms with E-state index < -0.39 is 49.2 Å². The molecule has 0 bridgehead atoms. The number of carbonyl (C=O) groups is 3. The lowest BCUT2D eigenvalue weighted by molar-refractivity contribution is -0.151. The van der Waals surface area contributed by atoms with Crippen LogP contribution >= 0.6 is 0 Å². The highest BCUT2D eigenvalue weighted by atomic mass is 16.6. The van der Waals surface area contributed by atoms with E-state index in [2.05, 4.69) is 4.74 Å². The number of cyclic esters (lactones) is 1. The molecule has 10 nitrogen and oxygen atoms in total. The minimum absolute atomic E-state index is 0.124. The molecule has 10 heteroatoms. The average molecular weight is 310 g/mol. The molecule has 1 fully saturated rings. The largest absolute Gasteiger partial charge is 0.454 e. The van der Waals surface area contributed by atoms with Gasteiger partial charge in [0.1, 0.15) is 24.6 Å². The lowest BCUT2D eigenvalue weighted by atomic mass is 10.1. The van der Waals surface area contributed by atoms with Crippen LogP contribution in [-0.4, -0.2) is 92.4 Å². The summed E-state index contributed by atoms with van der Waals surface area (Å²) >= 11 is 0. The van der Waals surface area contributed by atoms with E-state index in [-0.39, 0.29) is 12.7 Å². The molecule has 6 atom stereocenters. The Morgan fingerprint density at radius 3 is 2.05 bits per heavy atom. The Hall–Kier alpha value is -1.43. The van der Waals surface area contributed by atoms with Crippen molar-refractivity contribution in [2.24, 2.45) is 0 Å². The number of carbonyl (C=O) groups excluding carboxylic acids is 3. The standard InChI is InChI=1S/C6H8O6.C5H10O4/c7-1-2(8)5-3(9)4(10)6(11)12-5;6-2-1-4(8)5(9)3-7/h1-5,8-10H;2,4-5,7-9H,1,3H2/t2-,3+,4-,5+;4-,5+/m00/s1. The molecule has 0 aromatic rings. The van der Waals surface area contributed by atoms with Crippen LogP contribution < -0.4 is 0 Å². The molecule has 1 saturated heterocycles. The maximum absolute atomic E-state index is 10.6. The van der Waals surface area contributed by atoms with Gasteiger partial charge in [0.15, 0.2) is 18.5 Å². The van der Waals surface area contributed by atoms with Crippen molar-refractivity contribution in [3.05, 3.63) is 0 Å². The van der Waals surface area contributed by atoms with Crippen LogP contribution in [0.5, 0.6) is 0 Å². The number of hydrogen-bond acceptors (Lipinski definition) is 10. The molecule has 21 heavy (non-hydrogen) atoms. The van der Waals surface area contributed by atoms with Crippen molar-refractivity contribution in [1.29, 1.82) is 0 Å². The molecule has 0 aromatic heterocycles. The van der Waals surface area contributed by atoms with Crippen molar-refractivity contribution >= 4 is 18.5 Å². The zero-order valence-electron chi connectivity index (χ0n) is 10.8. The Kier molecular flexibility index (Phi) is 8.85. The Balaban J connectivity index is 0.000000400. The maximum atomic E-state index is 10.6. The third-order valence-corrected chi connectivity index (χ3v) is 2.60. The van der Waals surface area contributed by atoms with Gasteiger partial charge in [-0.05, 0) is 0 Å². The monoisotopic (exact) mass is 310 g/mol. The molecule has 122 valence electrons. The van der Waals surface area contributed by atoms with E-state index >= 15 is 0 Å². The van der Waals surface area contributed by atoms with Crippen LogP contribution in [0.2, 0.25) is 0 Å². The summed E-state index contributed by atoms with van der Waals surface area (Å²) < 4.78 is 4.32. The fraction of sp³-hybridized carbons (Fsp3) is 0.727. The third kappa shape index (κ3) is 5.83. The van der Waals surface area contributed by atoms with Crippen LogP contribution in [0.3, 0.4) is 0 Å². The van der Waals surface area contributed by atoms with E-state index in [0.717, 1.165) is 0 Å². The first kappa shape index (κ1) is 19.6. The van der Waals surface area contributed by atoms with E-state index in [1.54, 1.807) is 0 Å². The van der Waals surface area contributed by atoms with Crippen molar-refractivity contribution in [2.45, 2.75) is 43.0 Å². The highest BCUT2D eigenvalue weighted by molar-refractivity contribution is 5.78. The highest BCUT2D eigenvalue weighted by Crippen LogP contribution is 2.17. The van der Waals surface area contributed by atoms with Crippen molar-refractivity contribution in [3.8, 4) is 0 Å². The SMILES string of the molecule is O=CC[C@H](O)[C@H](O)CO.O=C[C@H](O)[C@H]1OC(=O)[C@@H](O)[C@H]1O. The van der Waals surface area contributed by atoms with Crippen molar-refractivity contribution in [3.63, 3.8) is 0 Å². The lowest BCUT2D eigenvalue weighted by Gasteiger charge is -2.14. The summed E-state index contributed by atoms with van der Waals surface area (Å²) in [5.74, 6) is -1.03. The number of ether oxygens (including phenoxy) is 1. The van der Waals surface area contributed by atoms with Gasteiger partial charge in [0, 0.05) is 6.42 Å². The van der Waals surface area contributed by atoms with Gasteiger partial charge in [-0.3, -0.25) is 0 Å². The van der Waals surface area contributed by atoms with Gasteiger partial charge in [0.2, 0.25) is 0 Å². The zero-order chi connectivity index (χ0) is 16.6. The molecule has 0 radical (unpaired) electrons. The van der Waals surface area contributed by atoms with Gasteiger partial charge in [-0.25, -0.2) is 4.79 Å². The molecule has 1 aliphatic heterocycles. The molecule has 1 aliphatic rings. The molecular formula is C11H18O10. The Labute approximate surface area is 119 Å². The van der Waals surface area contributed by atoms with E-state index in [1.165, 1.54) is 0 Å². The number of esters is 1. The minimum atomic E-state index is -1.68. The molecule has 6 N–H and O–H groups in total. The lowest BCUT2D eigenvalue weighted by Crippen LogP contribution is -2.39. The minimum Gasteiger partial charge on any atom is -0.454 e. The van der Waals surface area contributed by atoms with Gasteiger partial charge in [-0.2, -0.15) is 0 Å². The number of aldehydes is 2. The van der Waals surface area contributed by atoms with Gasteiger partial charge >= 0.3 is 5.97 Å². The predicted octanol–water partition coefficient (Wildman–Crippen LogP) is -4.52. The molecule has 0 spiro atoms. The average Bonchev–Trinajstić information content (AvgIpc) is 2.74. The van der Waals surface area contributed by atoms with Gasteiger partial charge in [-0.1, -0.05) is 0 Å². The maximum Gasteiger partial charge on any atom is 0.338 e. The number of hydrogen-bond donors (Lipinski definition) is 6. The zero-order valence-corrected chi connectivity index (χ0v) is 10.8. The summed E-state index contributed by atoms with van der Waals surface area (Å²) in [6.07, 6.45) is -8.03. The van der Waals surface area contributed by atoms with Gasteiger partial charge in [0.25, 0.3) is 0 Å². The van der Waals surface area contributed by atoms with Gasteiger partial charge < -0.3 is 45.0 Å². The Morgan fingerprint density at radius 2 is 1.71 bits per heavy atom. The molecule has 1 heterocycles. The molecule has 0 unspecified atom stereocenters. The molecular weight excluding hydrogens is 292 g/mol. The first-order chi connectivity index (χ1) is 9.79. The van der Waals surface area contributed by atoms with Gasteiger partial charge in [0.05, 0.1) is 12.7 Å². The molecule has 0 amide bonds. The van der Waals surface area contributed by atoms with E-state index in [9.17, 15) is 14.4 Å². The van der Waals surface area contributed by atoms with E-state index in [4.69, 9.17) is 30.6 Å². The molecule has 1 rings (SSSR count). The van der Waals surface area contributed by atoms with Gasteiger partial charge in [-0.15, -0.1) is 0 Å². The summed E-state index contributed by atoms with van der Waals surface area (Å²) in [5, 5.41) is 52.2. The summed E-state index contributed by atoms with van der Waals surface area (Å²) in [6.45, 7) is -0.519. The Morgan fingerprint density at radius 1 is 1.14 bits per heavy atom. The van der Waals surface area contributed by atoms with E-state index in [1.807, 2.05) is 0 Å². The summed E-state index contributed by atoms with van der Waals surface area (Å²) in [5.41, 5.74) is 0. The molecule has 0 aliphatic carbocycles. The van der Waals surface area contributed by atoms with Crippen molar-refractivity contribution in [2.75, 3.05) is 6.61 Å². The topological polar surface area (TPSA) is 182 Å². The van der Waals surface area contributed by atoms with Crippen molar-refractivity contribution < 1.29 is 49.8 Å². The summed E-state index contributed by atoms with van der Waals surface area (Å²) in [7, 11) is 0. The second kappa shape index (κ2) is 9.50. The normalized spacial score (nSPS) is 28.7. The van der Waals surface area contributed by atoms with Crippen LogP contribution in [-0.2, 0) is 19.1 Å². The smallest absolute Gasteiger partial charge is 0.338 e. The first-order valence-corrected chi connectivity index (χ1v) is 5.90. The first-order valence-electron chi connectivity index (χ1n) is 5.90. The third-order valence-electron chi connectivity index (χ3n) is 2.60. The number of rotatable bonds is 6.